The molecule has 1 fully saturated rings. The van der Waals surface area contributed by atoms with Gasteiger partial charge in [0, 0.05) is 12.2 Å². The molecule has 2 atom stereocenters. The van der Waals surface area contributed by atoms with Gasteiger partial charge in [-0.25, -0.2) is 0 Å². The van der Waals surface area contributed by atoms with E-state index in [-0.39, 0.29) is 17.9 Å². The van der Waals surface area contributed by atoms with Crippen LogP contribution in [0.2, 0.25) is 0 Å². The second-order valence-corrected chi connectivity index (χ2v) is 4.64. The second-order valence-electron chi connectivity index (χ2n) is 4.64. The lowest BCUT2D eigenvalue weighted by atomic mass is 9.94. The Balaban J connectivity index is 1.99. The summed E-state index contributed by atoms with van der Waals surface area (Å²) in [5, 5.41) is 2.89. The summed E-state index contributed by atoms with van der Waals surface area (Å²) in [5.41, 5.74) is 6.80. The molecule has 0 aromatic carbocycles. The van der Waals surface area contributed by atoms with E-state index >= 15 is 0 Å². The fourth-order valence-electron chi connectivity index (χ4n) is 2.33. The molecule has 1 aromatic rings. The molecule has 3 N–H and O–H groups in total. The topological polar surface area (TPSA) is 68.0 Å². The number of pyridine rings is 1. The van der Waals surface area contributed by atoms with Gasteiger partial charge in [0.1, 0.15) is 0 Å². The maximum Gasteiger partial charge on any atom is 0.229 e. The molecule has 0 radical (unpaired) electrons. The van der Waals surface area contributed by atoms with Gasteiger partial charge in [0.15, 0.2) is 0 Å². The molecule has 2 unspecified atom stereocenters. The molecule has 1 aromatic heterocycles. The van der Waals surface area contributed by atoms with Gasteiger partial charge >= 0.3 is 0 Å². The van der Waals surface area contributed by atoms with Crippen LogP contribution in [-0.2, 0) is 4.79 Å². The lowest BCUT2D eigenvalue weighted by molar-refractivity contribution is -0.120. The van der Waals surface area contributed by atoms with Crippen LogP contribution >= 0.6 is 0 Å². The summed E-state index contributed by atoms with van der Waals surface area (Å²) in [6.45, 7) is 0. The lowest BCUT2D eigenvalue weighted by Crippen LogP contribution is -2.37. The zero-order valence-electron chi connectivity index (χ0n) is 9.93. The first-order chi connectivity index (χ1) is 8.27. The normalized spacial score (nSPS) is 25.0. The van der Waals surface area contributed by atoms with E-state index < -0.39 is 0 Å². The van der Waals surface area contributed by atoms with Gasteiger partial charge in [-0.3, -0.25) is 9.78 Å². The molecule has 4 heteroatoms. The zero-order valence-corrected chi connectivity index (χ0v) is 9.93. The number of aromatic nitrogens is 1. The van der Waals surface area contributed by atoms with Gasteiger partial charge in [0.25, 0.3) is 0 Å². The van der Waals surface area contributed by atoms with Crippen molar-refractivity contribution in [2.45, 2.75) is 38.1 Å². The van der Waals surface area contributed by atoms with E-state index in [4.69, 9.17) is 5.73 Å². The van der Waals surface area contributed by atoms with Crippen LogP contribution in [0.4, 0.5) is 5.69 Å². The van der Waals surface area contributed by atoms with E-state index in [2.05, 4.69) is 10.3 Å². The highest BCUT2D eigenvalue weighted by Gasteiger charge is 2.26. The molecule has 1 amide bonds. The van der Waals surface area contributed by atoms with Crippen LogP contribution in [0.15, 0.2) is 24.5 Å². The van der Waals surface area contributed by atoms with E-state index in [9.17, 15) is 4.79 Å². The van der Waals surface area contributed by atoms with Gasteiger partial charge < -0.3 is 11.1 Å². The number of anilines is 1. The molecule has 0 spiro atoms. The number of amides is 1. The molecule has 0 bridgehead atoms. The number of carbonyl (C=O) groups excluding carboxylic acids is 1. The number of nitrogens with zero attached hydrogens (tertiary/aromatic N) is 1. The van der Waals surface area contributed by atoms with Crippen molar-refractivity contribution in [3.63, 3.8) is 0 Å². The third-order valence-corrected chi connectivity index (χ3v) is 3.34. The Morgan fingerprint density at radius 2 is 2.18 bits per heavy atom. The third kappa shape index (κ3) is 3.27. The maximum atomic E-state index is 12.1. The monoisotopic (exact) mass is 233 g/mol. The first-order valence-electron chi connectivity index (χ1n) is 6.24. The molecule has 2 rings (SSSR count). The average molecular weight is 233 g/mol. The van der Waals surface area contributed by atoms with Crippen molar-refractivity contribution in [1.29, 1.82) is 0 Å². The van der Waals surface area contributed by atoms with Gasteiger partial charge in [-0.15, -0.1) is 0 Å². The highest BCUT2D eigenvalue weighted by molar-refractivity contribution is 5.92. The van der Waals surface area contributed by atoms with Crippen molar-refractivity contribution in [1.82, 2.24) is 4.98 Å². The summed E-state index contributed by atoms with van der Waals surface area (Å²) in [6.07, 6.45) is 8.60. The second kappa shape index (κ2) is 5.77. The van der Waals surface area contributed by atoms with E-state index in [1.54, 1.807) is 12.4 Å². The maximum absolute atomic E-state index is 12.1. The molecule has 0 saturated heterocycles. The van der Waals surface area contributed by atoms with Crippen molar-refractivity contribution in [2.75, 3.05) is 5.32 Å². The largest absolute Gasteiger partial charge is 0.327 e. The molecule has 4 nitrogen and oxygen atoms in total. The predicted octanol–water partition coefficient (Wildman–Crippen LogP) is 1.93. The van der Waals surface area contributed by atoms with Gasteiger partial charge in [-0.05, 0) is 25.0 Å². The Morgan fingerprint density at radius 3 is 2.94 bits per heavy atom. The van der Waals surface area contributed by atoms with Gasteiger partial charge in [0.05, 0.1) is 17.8 Å². The zero-order chi connectivity index (χ0) is 12.1. The fraction of sp³-hybridized carbons (Fsp3) is 0.538. The predicted molar refractivity (Wildman–Crippen MR) is 67.4 cm³/mol. The number of hydrogen-bond donors (Lipinski definition) is 2. The van der Waals surface area contributed by atoms with Crippen molar-refractivity contribution in [3.8, 4) is 0 Å². The minimum atomic E-state index is -0.0577. The summed E-state index contributed by atoms with van der Waals surface area (Å²) in [4.78, 5) is 16.1. The molecule has 1 aliphatic carbocycles. The fourth-order valence-corrected chi connectivity index (χ4v) is 2.33. The molecule has 17 heavy (non-hydrogen) atoms. The molecule has 0 aliphatic heterocycles. The van der Waals surface area contributed by atoms with Crippen LogP contribution in [0, 0.1) is 5.92 Å². The molecule has 1 heterocycles. The Kier molecular flexibility index (Phi) is 4.09. The smallest absolute Gasteiger partial charge is 0.229 e. The number of nitrogens with two attached hydrogens (primary N) is 1. The molecular formula is C13H19N3O. The van der Waals surface area contributed by atoms with Crippen LogP contribution in [0.3, 0.4) is 0 Å². The van der Waals surface area contributed by atoms with Gasteiger partial charge in [-0.1, -0.05) is 19.3 Å². The van der Waals surface area contributed by atoms with E-state index in [1.807, 2.05) is 12.1 Å². The standard InChI is InChI=1S/C13H19N3O/c14-12-7-3-1-2-6-11(12)13(17)16-10-5-4-8-15-9-10/h4-5,8-9,11-12H,1-3,6-7,14H2,(H,16,17). The quantitative estimate of drug-likeness (QED) is 0.767. The summed E-state index contributed by atoms with van der Waals surface area (Å²) in [5.74, 6) is -0.0230. The number of nitrogens with one attached hydrogen (secondary N) is 1. The Bertz CT molecular complexity index is 366. The molecule has 92 valence electrons. The van der Waals surface area contributed by atoms with Crippen LogP contribution in [0.5, 0.6) is 0 Å². The van der Waals surface area contributed by atoms with E-state index in [0.29, 0.717) is 0 Å². The molecule has 1 aliphatic rings. The van der Waals surface area contributed by atoms with Crippen molar-refractivity contribution >= 4 is 11.6 Å². The SMILES string of the molecule is NC1CCCCCC1C(=O)Nc1cccnc1. The first kappa shape index (κ1) is 12.0. The summed E-state index contributed by atoms with van der Waals surface area (Å²) < 4.78 is 0. The molecular weight excluding hydrogens is 214 g/mol. The summed E-state index contributed by atoms with van der Waals surface area (Å²) in [7, 11) is 0. The first-order valence-corrected chi connectivity index (χ1v) is 6.24. The number of carbonyl (C=O) groups is 1. The minimum Gasteiger partial charge on any atom is -0.327 e. The number of rotatable bonds is 2. The highest BCUT2D eigenvalue weighted by atomic mass is 16.1. The van der Waals surface area contributed by atoms with Crippen molar-refractivity contribution < 1.29 is 4.79 Å². The van der Waals surface area contributed by atoms with Crippen LogP contribution in [0.1, 0.15) is 32.1 Å². The third-order valence-electron chi connectivity index (χ3n) is 3.34. The Morgan fingerprint density at radius 1 is 1.35 bits per heavy atom. The Labute approximate surface area is 102 Å². The van der Waals surface area contributed by atoms with Gasteiger partial charge in [0.2, 0.25) is 5.91 Å². The Hall–Kier alpha value is -1.42. The van der Waals surface area contributed by atoms with E-state index in [1.165, 1.54) is 6.42 Å². The van der Waals surface area contributed by atoms with Crippen LogP contribution in [0.25, 0.3) is 0 Å². The van der Waals surface area contributed by atoms with Gasteiger partial charge in [-0.2, -0.15) is 0 Å². The minimum absolute atomic E-state index is 0.00540. The van der Waals surface area contributed by atoms with E-state index in [0.717, 1.165) is 31.4 Å². The lowest BCUT2D eigenvalue weighted by Gasteiger charge is -2.20. The average Bonchev–Trinajstić information content (AvgIpc) is 2.55. The summed E-state index contributed by atoms with van der Waals surface area (Å²) >= 11 is 0. The number of hydrogen-bond acceptors (Lipinski definition) is 3. The van der Waals surface area contributed by atoms with Crippen LogP contribution < -0.4 is 11.1 Å². The summed E-state index contributed by atoms with van der Waals surface area (Å²) in [6, 6.07) is 3.64. The highest BCUT2D eigenvalue weighted by Crippen LogP contribution is 2.23. The van der Waals surface area contributed by atoms with Crippen molar-refractivity contribution in [2.24, 2.45) is 11.7 Å². The van der Waals surface area contributed by atoms with Crippen molar-refractivity contribution in [3.05, 3.63) is 24.5 Å². The molecule has 1 saturated carbocycles. The van der Waals surface area contributed by atoms with Crippen LogP contribution in [-0.4, -0.2) is 16.9 Å².